The van der Waals surface area contributed by atoms with Gasteiger partial charge in [-0.3, -0.25) is 9.59 Å². The van der Waals surface area contributed by atoms with Crippen molar-refractivity contribution in [1.82, 2.24) is 5.43 Å². The molecule has 2 aromatic rings. The van der Waals surface area contributed by atoms with Gasteiger partial charge in [0.1, 0.15) is 5.82 Å². The van der Waals surface area contributed by atoms with E-state index < -0.39 is 11.8 Å². The van der Waals surface area contributed by atoms with Gasteiger partial charge in [0.15, 0.2) is 0 Å². The fourth-order valence-corrected chi connectivity index (χ4v) is 1.80. The molecule has 2 aromatic carbocycles. The number of aryl methyl sites for hydroxylation is 1. The van der Waals surface area contributed by atoms with Crippen molar-refractivity contribution in [2.24, 2.45) is 5.10 Å². The molecule has 0 aliphatic carbocycles. The van der Waals surface area contributed by atoms with Gasteiger partial charge in [0, 0.05) is 10.7 Å². The summed E-state index contributed by atoms with van der Waals surface area (Å²) in [4.78, 5) is 23.3. The lowest BCUT2D eigenvalue weighted by Crippen LogP contribution is -2.32. The van der Waals surface area contributed by atoms with E-state index in [2.05, 4.69) is 15.8 Å². The van der Waals surface area contributed by atoms with Crippen LogP contribution in [0.4, 0.5) is 10.1 Å². The highest BCUT2D eigenvalue weighted by atomic mass is 35.5. The Bertz CT molecular complexity index is 760. The molecule has 0 radical (unpaired) electrons. The zero-order chi connectivity index (χ0) is 16.8. The van der Waals surface area contributed by atoms with Crippen LogP contribution in [0.1, 0.15) is 11.1 Å². The summed E-state index contributed by atoms with van der Waals surface area (Å²) in [6.45, 7) is 1.82. The number of carbonyl (C=O) groups is 2. The van der Waals surface area contributed by atoms with E-state index in [1.807, 2.05) is 6.92 Å². The molecule has 0 heterocycles. The Kier molecular flexibility index (Phi) is 5.43. The Hall–Kier alpha value is -2.73. The second-order valence-corrected chi connectivity index (χ2v) is 5.08. The van der Waals surface area contributed by atoms with Gasteiger partial charge in [-0.2, -0.15) is 5.10 Å². The number of anilines is 1. The normalized spacial score (nSPS) is 10.6. The monoisotopic (exact) mass is 333 g/mol. The van der Waals surface area contributed by atoms with Gasteiger partial charge in [0.25, 0.3) is 0 Å². The van der Waals surface area contributed by atoms with Gasteiger partial charge in [-0.1, -0.05) is 29.8 Å². The predicted molar refractivity (Wildman–Crippen MR) is 87.0 cm³/mol. The van der Waals surface area contributed by atoms with Crippen LogP contribution >= 0.6 is 11.6 Å². The van der Waals surface area contributed by atoms with Crippen molar-refractivity contribution in [3.8, 4) is 0 Å². The van der Waals surface area contributed by atoms with Crippen molar-refractivity contribution in [1.29, 1.82) is 0 Å². The summed E-state index contributed by atoms with van der Waals surface area (Å²) < 4.78 is 12.7. The van der Waals surface area contributed by atoms with Crippen molar-refractivity contribution in [3.05, 3.63) is 64.4 Å². The molecule has 0 fully saturated rings. The van der Waals surface area contributed by atoms with Crippen molar-refractivity contribution in [3.63, 3.8) is 0 Å². The Morgan fingerprint density at radius 1 is 1.13 bits per heavy atom. The average Bonchev–Trinajstić information content (AvgIpc) is 2.52. The van der Waals surface area contributed by atoms with E-state index in [4.69, 9.17) is 11.6 Å². The molecule has 0 aliphatic heterocycles. The first-order valence-corrected chi connectivity index (χ1v) is 6.99. The number of benzene rings is 2. The molecule has 0 aromatic heterocycles. The van der Waals surface area contributed by atoms with Crippen molar-refractivity contribution < 1.29 is 14.0 Å². The van der Waals surface area contributed by atoms with E-state index in [1.165, 1.54) is 30.5 Å². The molecular formula is C16H13ClFN3O2. The second kappa shape index (κ2) is 7.51. The number of hydrogen-bond acceptors (Lipinski definition) is 3. The van der Waals surface area contributed by atoms with Gasteiger partial charge in [0.2, 0.25) is 0 Å². The first-order chi connectivity index (χ1) is 11.0. The number of carbonyl (C=O) groups excluding carboxylic acids is 2. The molecule has 2 amide bonds. The smallest absolute Gasteiger partial charge is 0.318 e. The van der Waals surface area contributed by atoms with E-state index in [1.54, 1.807) is 18.2 Å². The van der Waals surface area contributed by atoms with Crippen LogP contribution in [0.15, 0.2) is 47.6 Å². The summed E-state index contributed by atoms with van der Waals surface area (Å²) in [7, 11) is 0. The van der Waals surface area contributed by atoms with E-state index >= 15 is 0 Å². The standard InChI is InChI=1S/C16H13ClFN3O2/c1-10-2-7-13(8-14(10)17)20-15(22)16(23)21-19-9-11-3-5-12(18)6-4-11/h2-9H,1H3,(H,20,22)(H,21,23)/b19-9+. The molecule has 23 heavy (non-hydrogen) atoms. The van der Waals surface area contributed by atoms with E-state index in [-0.39, 0.29) is 5.82 Å². The minimum Gasteiger partial charge on any atom is -0.318 e. The Morgan fingerprint density at radius 2 is 1.83 bits per heavy atom. The molecule has 0 spiro atoms. The first kappa shape index (κ1) is 16.6. The number of amides is 2. The first-order valence-electron chi connectivity index (χ1n) is 6.62. The van der Waals surface area contributed by atoms with E-state index in [0.29, 0.717) is 16.3 Å². The molecule has 0 saturated heterocycles. The summed E-state index contributed by atoms with van der Waals surface area (Å²) in [6, 6.07) is 10.4. The molecule has 0 atom stereocenters. The Balaban J connectivity index is 1.90. The van der Waals surface area contributed by atoms with Crippen LogP contribution in [0, 0.1) is 12.7 Å². The van der Waals surface area contributed by atoms with Crippen LogP contribution in [0.3, 0.4) is 0 Å². The molecule has 0 aliphatic rings. The van der Waals surface area contributed by atoms with Crippen LogP contribution in [0.5, 0.6) is 0 Å². The highest BCUT2D eigenvalue weighted by Crippen LogP contribution is 2.19. The Morgan fingerprint density at radius 3 is 2.48 bits per heavy atom. The zero-order valence-electron chi connectivity index (χ0n) is 12.1. The molecule has 0 saturated carbocycles. The molecule has 0 unspecified atom stereocenters. The van der Waals surface area contributed by atoms with Gasteiger partial charge in [-0.05, 0) is 42.3 Å². The van der Waals surface area contributed by atoms with E-state index in [9.17, 15) is 14.0 Å². The van der Waals surface area contributed by atoms with Gasteiger partial charge >= 0.3 is 11.8 Å². The molecule has 118 valence electrons. The van der Waals surface area contributed by atoms with Gasteiger partial charge in [-0.25, -0.2) is 9.82 Å². The molecule has 7 heteroatoms. The van der Waals surface area contributed by atoms with Crippen LogP contribution < -0.4 is 10.7 Å². The van der Waals surface area contributed by atoms with Crippen LogP contribution in [0.2, 0.25) is 5.02 Å². The Labute approximate surface area is 137 Å². The highest BCUT2D eigenvalue weighted by Gasteiger charge is 2.13. The highest BCUT2D eigenvalue weighted by molar-refractivity contribution is 6.39. The summed E-state index contributed by atoms with van der Waals surface area (Å²) in [5.41, 5.74) is 3.93. The molecular weight excluding hydrogens is 321 g/mol. The number of hydrazone groups is 1. The largest absolute Gasteiger partial charge is 0.329 e. The lowest BCUT2D eigenvalue weighted by atomic mass is 10.2. The second-order valence-electron chi connectivity index (χ2n) is 4.67. The van der Waals surface area contributed by atoms with Crippen molar-refractivity contribution in [2.45, 2.75) is 6.92 Å². The third-order valence-corrected chi connectivity index (χ3v) is 3.29. The van der Waals surface area contributed by atoms with Gasteiger partial charge in [0.05, 0.1) is 6.21 Å². The number of hydrogen-bond donors (Lipinski definition) is 2. The summed E-state index contributed by atoms with van der Waals surface area (Å²) in [5.74, 6) is -2.18. The predicted octanol–water partition coefficient (Wildman–Crippen LogP) is 2.88. The third kappa shape index (κ3) is 4.89. The lowest BCUT2D eigenvalue weighted by molar-refractivity contribution is -0.136. The summed E-state index contributed by atoms with van der Waals surface area (Å²) in [6.07, 6.45) is 1.30. The minimum atomic E-state index is -0.931. The fraction of sp³-hybridized carbons (Fsp3) is 0.0625. The van der Waals surface area contributed by atoms with Gasteiger partial charge < -0.3 is 5.32 Å². The lowest BCUT2D eigenvalue weighted by Gasteiger charge is -2.05. The molecule has 0 bridgehead atoms. The van der Waals surface area contributed by atoms with E-state index in [0.717, 1.165) is 5.56 Å². The van der Waals surface area contributed by atoms with Crippen LogP contribution in [-0.2, 0) is 9.59 Å². The summed E-state index contributed by atoms with van der Waals surface area (Å²) >= 11 is 5.94. The number of halogens is 2. The number of nitrogens with one attached hydrogen (secondary N) is 2. The number of rotatable bonds is 3. The van der Waals surface area contributed by atoms with Crippen molar-refractivity contribution in [2.75, 3.05) is 5.32 Å². The number of nitrogens with zero attached hydrogens (tertiary/aromatic N) is 1. The maximum Gasteiger partial charge on any atom is 0.329 e. The topological polar surface area (TPSA) is 70.6 Å². The summed E-state index contributed by atoms with van der Waals surface area (Å²) in [5, 5.41) is 6.52. The third-order valence-electron chi connectivity index (χ3n) is 2.89. The fourth-order valence-electron chi connectivity index (χ4n) is 1.62. The van der Waals surface area contributed by atoms with Crippen LogP contribution in [-0.4, -0.2) is 18.0 Å². The molecule has 2 N–H and O–H groups in total. The molecule has 5 nitrogen and oxygen atoms in total. The van der Waals surface area contributed by atoms with Crippen LogP contribution in [0.25, 0.3) is 0 Å². The average molecular weight is 334 g/mol. The maximum atomic E-state index is 12.7. The zero-order valence-corrected chi connectivity index (χ0v) is 12.9. The molecule has 2 rings (SSSR count). The minimum absolute atomic E-state index is 0.373. The van der Waals surface area contributed by atoms with Gasteiger partial charge in [-0.15, -0.1) is 0 Å². The SMILES string of the molecule is Cc1ccc(NC(=O)C(=O)N/N=C/c2ccc(F)cc2)cc1Cl. The maximum absolute atomic E-state index is 12.7. The van der Waals surface area contributed by atoms with Crippen molar-refractivity contribution >= 4 is 35.3 Å². The quantitative estimate of drug-likeness (QED) is 0.515.